The first-order chi connectivity index (χ1) is 16.4. The van der Waals surface area contributed by atoms with E-state index in [4.69, 9.17) is 4.74 Å². The van der Waals surface area contributed by atoms with Gasteiger partial charge in [-0.2, -0.15) is 0 Å². The van der Waals surface area contributed by atoms with Crippen molar-refractivity contribution in [2.24, 2.45) is 0 Å². The Labute approximate surface area is 226 Å². The molecule has 10 heteroatoms. The fraction of sp³-hybridized carbons (Fsp3) is 0.560. The standard InChI is InChI=1S/C25H32Br2F2N2O3S/c1-24(2,3)34-23(33)31-19(11-15-9-16(28)12-17(29)10-15)20(32)14-30-25(7-5-4-6-8-25)18-13-21(26)35-22(18)27/h9-10,12-13,19-20,30,32H,4-8,11,14H2,1-3H3,(H,31,33). The molecule has 1 aromatic carbocycles. The van der Waals surface area contributed by atoms with Gasteiger partial charge in [0.1, 0.15) is 17.2 Å². The van der Waals surface area contributed by atoms with Crippen molar-refractivity contribution in [1.29, 1.82) is 0 Å². The molecule has 35 heavy (non-hydrogen) atoms. The van der Waals surface area contributed by atoms with E-state index in [9.17, 15) is 18.7 Å². The Morgan fingerprint density at radius 2 is 1.77 bits per heavy atom. The number of ether oxygens (including phenoxy) is 1. The van der Waals surface area contributed by atoms with Crippen LogP contribution in [0.5, 0.6) is 0 Å². The van der Waals surface area contributed by atoms with Crippen LogP contribution in [0, 0.1) is 11.6 Å². The maximum atomic E-state index is 13.8. The SMILES string of the molecule is CC(C)(C)OC(=O)NC(Cc1cc(F)cc(F)c1)C(O)CNC1(c2cc(Br)sc2Br)CCCCC1. The number of aliphatic hydroxyl groups is 1. The summed E-state index contributed by atoms with van der Waals surface area (Å²) in [6, 6.07) is 4.48. The highest BCUT2D eigenvalue weighted by Crippen LogP contribution is 2.45. The molecule has 3 rings (SSSR count). The molecule has 1 aromatic heterocycles. The van der Waals surface area contributed by atoms with Crippen LogP contribution in [0.25, 0.3) is 0 Å². The van der Waals surface area contributed by atoms with Gasteiger partial charge < -0.3 is 20.5 Å². The zero-order valence-corrected chi connectivity index (χ0v) is 24.1. The van der Waals surface area contributed by atoms with Crippen molar-refractivity contribution < 1.29 is 23.4 Å². The highest BCUT2D eigenvalue weighted by atomic mass is 79.9. The largest absolute Gasteiger partial charge is 0.444 e. The summed E-state index contributed by atoms with van der Waals surface area (Å²) in [5.74, 6) is -1.42. The summed E-state index contributed by atoms with van der Waals surface area (Å²) in [4.78, 5) is 12.5. The highest BCUT2D eigenvalue weighted by molar-refractivity contribution is 9.12. The van der Waals surface area contributed by atoms with E-state index in [-0.39, 0.29) is 18.5 Å². The molecule has 194 valence electrons. The quantitative estimate of drug-likeness (QED) is 0.298. The van der Waals surface area contributed by atoms with Gasteiger partial charge in [0.25, 0.3) is 0 Å². The van der Waals surface area contributed by atoms with Crippen molar-refractivity contribution in [3.8, 4) is 0 Å². The van der Waals surface area contributed by atoms with Crippen LogP contribution in [-0.4, -0.2) is 35.5 Å². The summed E-state index contributed by atoms with van der Waals surface area (Å²) < 4.78 is 35.0. The van der Waals surface area contributed by atoms with Crippen LogP contribution in [0.1, 0.15) is 64.0 Å². The lowest BCUT2D eigenvalue weighted by Gasteiger charge is -2.40. The van der Waals surface area contributed by atoms with Crippen LogP contribution in [0.4, 0.5) is 13.6 Å². The number of amides is 1. The van der Waals surface area contributed by atoms with Gasteiger partial charge in [-0.3, -0.25) is 0 Å². The van der Waals surface area contributed by atoms with Gasteiger partial charge in [0, 0.05) is 18.2 Å². The molecular formula is C25H32Br2F2N2O3S. The van der Waals surface area contributed by atoms with Crippen LogP contribution in [0.3, 0.4) is 0 Å². The van der Waals surface area contributed by atoms with Crippen LogP contribution in [0.2, 0.25) is 0 Å². The first-order valence-corrected chi connectivity index (χ1v) is 14.1. The zero-order chi connectivity index (χ0) is 25.8. The zero-order valence-electron chi connectivity index (χ0n) is 20.1. The topological polar surface area (TPSA) is 70.6 Å². The second-order valence-corrected chi connectivity index (χ2v) is 13.8. The van der Waals surface area contributed by atoms with Gasteiger partial charge in [-0.05, 0) is 101 Å². The molecule has 2 aromatic rings. The molecule has 1 saturated carbocycles. The average molecular weight is 638 g/mol. The van der Waals surface area contributed by atoms with Crippen molar-refractivity contribution in [2.45, 2.75) is 82.6 Å². The summed E-state index contributed by atoms with van der Waals surface area (Å²) in [7, 11) is 0. The van der Waals surface area contributed by atoms with Crippen LogP contribution < -0.4 is 10.6 Å². The first kappa shape index (κ1) is 28.5. The summed E-state index contributed by atoms with van der Waals surface area (Å²) in [6.07, 6.45) is 3.42. The number of benzene rings is 1. The molecule has 1 aliphatic carbocycles. The lowest BCUT2D eigenvalue weighted by atomic mass is 9.77. The van der Waals surface area contributed by atoms with Gasteiger partial charge in [-0.25, -0.2) is 13.6 Å². The number of halogens is 4. The molecule has 0 bridgehead atoms. The smallest absolute Gasteiger partial charge is 0.407 e. The molecule has 1 aliphatic rings. The summed E-state index contributed by atoms with van der Waals surface area (Å²) in [5.41, 5.74) is 0.430. The maximum absolute atomic E-state index is 13.8. The molecular weight excluding hydrogens is 606 g/mol. The van der Waals surface area contributed by atoms with Crippen LogP contribution >= 0.6 is 43.2 Å². The molecule has 0 radical (unpaired) electrons. The fourth-order valence-electron chi connectivity index (χ4n) is 4.53. The Morgan fingerprint density at radius 3 is 2.31 bits per heavy atom. The summed E-state index contributed by atoms with van der Waals surface area (Å²) in [5, 5.41) is 17.5. The lowest BCUT2D eigenvalue weighted by Crippen LogP contribution is -2.53. The average Bonchev–Trinajstić information content (AvgIpc) is 3.08. The van der Waals surface area contributed by atoms with E-state index in [0.29, 0.717) is 5.56 Å². The van der Waals surface area contributed by atoms with E-state index in [1.807, 2.05) is 0 Å². The highest BCUT2D eigenvalue weighted by Gasteiger charge is 2.37. The van der Waals surface area contributed by atoms with Gasteiger partial charge in [-0.15, -0.1) is 11.3 Å². The second-order valence-electron chi connectivity index (χ2n) is 10.1. The predicted molar refractivity (Wildman–Crippen MR) is 142 cm³/mol. The van der Waals surface area contributed by atoms with Crippen LogP contribution in [0.15, 0.2) is 31.8 Å². The number of carbonyl (C=O) groups is 1. The lowest BCUT2D eigenvalue weighted by molar-refractivity contribution is 0.0408. The Morgan fingerprint density at radius 1 is 1.14 bits per heavy atom. The number of aliphatic hydroxyl groups excluding tert-OH is 1. The van der Waals surface area contributed by atoms with Crippen molar-refractivity contribution in [3.63, 3.8) is 0 Å². The molecule has 2 unspecified atom stereocenters. The summed E-state index contributed by atoms with van der Waals surface area (Å²) >= 11 is 8.86. The van der Waals surface area contributed by atoms with Crippen molar-refractivity contribution in [3.05, 3.63) is 54.6 Å². The third-order valence-corrected chi connectivity index (χ3v) is 8.41. The van der Waals surface area contributed by atoms with E-state index in [0.717, 1.165) is 51.3 Å². The number of rotatable bonds is 8. The predicted octanol–water partition coefficient (Wildman–Crippen LogP) is 6.80. The number of hydrogen-bond donors (Lipinski definition) is 3. The van der Waals surface area contributed by atoms with Crippen molar-refractivity contribution in [1.82, 2.24) is 10.6 Å². The molecule has 1 amide bonds. The van der Waals surface area contributed by atoms with Gasteiger partial charge in [-0.1, -0.05) is 19.3 Å². The van der Waals surface area contributed by atoms with Gasteiger partial charge in [0.05, 0.1) is 19.7 Å². The molecule has 5 nitrogen and oxygen atoms in total. The number of hydrogen-bond acceptors (Lipinski definition) is 5. The molecule has 2 atom stereocenters. The third kappa shape index (κ3) is 8.21. The van der Waals surface area contributed by atoms with Gasteiger partial charge in [0.15, 0.2) is 0 Å². The van der Waals surface area contributed by atoms with E-state index in [2.05, 4.69) is 48.6 Å². The van der Waals surface area contributed by atoms with E-state index in [1.165, 1.54) is 12.1 Å². The Kier molecular flexibility index (Phi) is 9.76. The van der Waals surface area contributed by atoms with Crippen molar-refractivity contribution >= 4 is 49.3 Å². The first-order valence-electron chi connectivity index (χ1n) is 11.7. The molecule has 0 aliphatic heterocycles. The molecule has 1 heterocycles. The normalized spacial score (nSPS) is 17.6. The second kappa shape index (κ2) is 12.0. The van der Waals surface area contributed by atoms with E-state index in [1.54, 1.807) is 32.1 Å². The molecule has 3 N–H and O–H groups in total. The van der Waals surface area contributed by atoms with Crippen LogP contribution in [-0.2, 0) is 16.7 Å². The number of carbonyl (C=O) groups excluding carboxylic acids is 1. The number of thiophene rings is 1. The Balaban J connectivity index is 1.80. The van der Waals surface area contributed by atoms with Gasteiger partial charge in [0.2, 0.25) is 0 Å². The van der Waals surface area contributed by atoms with Gasteiger partial charge >= 0.3 is 6.09 Å². The number of nitrogens with one attached hydrogen (secondary N) is 2. The maximum Gasteiger partial charge on any atom is 0.407 e. The fourth-order valence-corrected chi connectivity index (χ4v) is 7.63. The minimum Gasteiger partial charge on any atom is -0.444 e. The Hall–Kier alpha value is -1.07. The number of alkyl carbamates (subject to hydrolysis) is 1. The Bertz CT molecular complexity index is 1000. The van der Waals surface area contributed by atoms with E-state index >= 15 is 0 Å². The van der Waals surface area contributed by atoms with E-state index < -0.39 is 35.5 Å². The third-order valence-electron chi connectivity index (χ3n) is 6.07. The minimum absolute atomic E-state index is 0.0391. The molecule has 0 spiro atoms. The molecule has 0 saturated heterocycles. The van der Waals surface area contributed by atoms with Crippen molar-refractivity contribution in [2.75, 3.05) is 6.54 Å². The minimum atomic E-state index is -1.03. The molecule has 1 fully saturated rings. The summed E-state index contributed by atoms with van der Waals surface area (Å²) in [6.45, 7) is 5.40. The monoisotopic (exact) mass is 636 g/mol.